The van der Waals surface area contributed by atoms with Crippen molar-refractivity contribution in [2.75, 3.05) is 13.6 Å². The van der Waals surface area contributed by atoms with Crippen LogP contribution in [0.2, 0.25) is 0 Å². The van der Waals surface area contributed by atoms with E-state index in [1.807, 2.05) is 42.3 Å². The first-order valence-corrected chi connectivity index (χ1v) is 7.88. The number of aromatic nitrogens is 1. The van der Waals surface area contributed by atoms with Crippen LogP contribution < -0.4 is 10.9 Å². The molecule has 1 heterocycles. The normalized spacial score (nSPS) is 10.6. The average molecular weight is 379 g/mol. The third-order valence-corrected chi connectivity index (χ3v) is 3.66. The zero-order chi connectivity index (χ0) is 16.8. The molecule has 2 N–H and O–H groups in total. The molecule has 0 radical (unpaired) electrons. The van der Waals surface area contributed by atoms with E-state index in [0.717, 1.165) is 10.0 Å². The van der Waals surface area contributed by atoms with Crippen LogP contribution in [-0.4, -0.2) is 34.9 Å². The van der Waals surface area contributed by atoms with Crippen molar-refractivity contribution in [3.63, 3.8) is 0 Å². The van der Waals surface area contributed by atoms with Gasteiger partial charge in [0.2, 0.25) is 0 Å². The molecule has 2 rings (SSSR count). The molecule has 0 aliphatic carbocycles. The third-order valence-electron chi connectivity index (χ3n) is 3.23. The van der Waals surface area contributed by atoms with E-state index in [-0.39, 0.29) is 18.4 Å². The predicted molar refractivity (Wildman–Crippen MR) is 91.5 cm³/mol. The first-order chi connectivity index (χ1) is 11.0. The molecule has 2 aromatic rings. The molecule has 7 heteroatoms. The van der Waals surface area contributed by atoms with Gasteiger partial charge in [-0.15, -0.1) is 0 Å². The van der Waals surface area contributed by atoms with Crippen molar-refractivity contribution in [1.29, 1.82) is 0 Å². The van der Waals surface area contributed by atoms with Crippen LogP contribution in [0.4, 0.5) is 0 Å². The molecule has 0 saturated carbocycles. The van der Waals surface area contributed by atoms with E-state index >= 15 is 0 Å². The number of amides is 2. The van der Waals surface area contributed by atoms with Gasteiger partial charge in [0.15, 0.2) is 0 Å². The number of halogens is 1. The number of rotatable bonds is 5. The second kappa shape index (κ2) is 7.94. The SMILES string of the molecule is CN(CC(=O)NNC(=O)c1cc(Br)cn1C)Cc1ccccc1. The summed E-state index contributed by atoms with van der Waals surface area (Å²) in [5, 5.41) is 0. The van der Waals surface area contributed by atoms with Crippen LogP contribution in [0.3, 0.4) is 0 Å². The molecule has 0 bridgehead atoms. The van der Waals surface area contributed by atoms with Crippen LogP contribution in [0, 0.1) is 0 Å². The van der Waals surface area contributed by atoms with Gasteiger partial charge in [0.1, 0.15) is 5.69 Å². The van der Waals surface area contributed by atoms with Crippen LogP contribution in [-0.2, 0) is 18.4 Å². The Kier molecular flexibility index (Phi) is 5.95. The molecule has 0 aliphatic heterocycles. The molecule has 122 valence electrons. The number of likely N-dealkylation sites (N-methyl/N-ethyl adjacent to an activating group) is 1. The summed E-state index contributed by atoms with van der Waals surface area (Å²) in [7, 11) is 3.61. The Morgan fingerprint density at radius 2 is 1.91 bits per heavy atom. The number of carbonyl (C=O) groups is 2. The smallest absolute Gasteiger partial charge is 0.286 e. The predicted octanol–water partition coefficient (Wildman–Crippen LogP) is 1.68. The molecule has 0 aliphatic rings. The summed E-state index contributed by atoms with van der Waals surface area (Å²) in [5.74, 6) is -0.637. The molecule has 1 aromatic heterocycles. The molecule has 23 heavy (non-hydrogen) atoms. The largest absolute Gasteiger partial charge is 0.345 e. The number of benzene rings is 1. The third kappa shape index (κ3) is 5.22. The number of nitrogens with zero attached hydrogens (tertiary/aromatic N) is 2. The van der Waals surface area contributed by atoms with Gasteiger partial charge in [-0.1, -0.05) is 30.3 Å². The molecule has 2 amide bonds. The van der Waals surface area contributed by atoms with Crippen molar-refractivity contribution in [3.05, 3.63) is 58.3 Å². The maximum Gasteiger partial charge on any atom is 0.286 e. The monoisotopic (exact) mass is 378 g/mol. The minimum atomic E-state index is -0.364. The highest BCUT2D eigenvalue weighted by atomic mass is 79.9. The summed E-state index contributed by atoms with van der Waals surface area (Å²) in [5.41, 5.74) is 6.42. The molecule has 0 saturated heterocycles. The topological polar surface area (TPSA) is 66.4 Å². The summed E-state index contributed by atoms with van der Waals surface area (Å²) >= 11 is 3.30. The Balaban J connectivity index is 1.78. The lowest BCUT2D eigenvalue weighted by Crippen LogP contribution is -2.46. The molecular weight excluding hydrogens is 360 g/mol. The Morgan fingerprint density at radius 1 is 1.22 bits per heavy atom. The standard InChI is InChI=1S/C16H19BrN4O2/c1-20(9-12-6-4-3-5-7-12)11-15(22)18-19-16(23)14-8-13(17)10-21(14)2/h3-8,10H,9,11H2,1-2H3,(H,18,22)(H,19,23). The van der Waals surface area contributed by atoms with Gasteiger partial charge in [0, 0.05) is 24.3 Å². The molecule has 0 atom stereocenters. The Morgan fingerprint density at radius 3 is 2.52 bits per heavy atom. The van der Waals surface area contributed by atoms with Gasteiger partial charge in [0.25, 0.3) is 11.8 Å². The van der Waals surface area contributed by atoms with Gasteiger partial charge in [-0.05, 0) is 34.6 Å². The molecule has 0 spiro atoms. The molecule has 0 unspecified atom stereocenters. The number of nitrogens with one attached hydrogen (secondary N) is 2. The Bertz CT molecular complexity index is 685. The number of hydrogen-bond donors (Lipinski definition) is 2. The average Bonchev–Trinajstić information content (AvgIpc) is 2.84. The van der Waals surface area contributed by atoms with Gasteiger partial charge < -0.3 is 4.57 Å². The highest BCUT2D eigenvalue weighted by molar-refractivity contribution is 9.10. The van der Waals surface area contributed by atoms with Gasteiger partial charge >= 0.3 is 0 Å². The van der Waals surface area contributed by atoms with Crippen molar-refractivity contribution in [2.45, 2.75) is 6.54 Å². The van der Waals surface area contributed by atoms with Crippen LogP contribution >= 0.6 is 15.9 Å². The maximum absolute atomic E-state index is 12.0. The molecular formula is C16H19BrN4O2. The molecule has 6 nitrogen and oxygen atoms in total. The first kappa shape index (κ1) is 17.2. The van der Waals surface area contributed by atoms with Crippen molar-refractivity contribution in [2.24, 2.45) is 7.05 Å². The second-order valence-electron chi connectivity index (χ2n) is 5.31. The lowest BCUT2D eigenvalue weighted by atomic mass is 10.2. The lowest BCUT2D eigenvalue weighted by molar-refractivity contribution is -0.122. The summed E-state index contributed by atoms with van der Waals surface area (Å²) in [6.45, 7) is 0.846. The van der Waals surface area contributed by atoms with Gasteiger partial charge in [0.05, 0.1) is 6.54 Å². The summed E-state index contributed by atoms with van der Waals surface area (Å²) in [6, 6.07) is 11.6. The van der Waals surface area contributed by atoms with E-state index in [4.69, 9.17) is 0 Å². The number of hydrogen-bond acceptors (Lipinski definition) is 3. The number of hydrazine groups is 1. The maximum atomic E-state index is 12.0. The highest BCUT2D eigenvalue weighted by Gasteiger charge is 2.13. The van der Waals surface area contributed by atoms with E-state index in [0.29, 0.717) is 12.2 Å². The highest BCUT2D eigenvalue weighted by Crippen LogP contribution is 2.13. The van der Waals surface area contributed by atoms with Crippen molar-refractivity contribution >= 4 is 27.7 Å². The van der Waals surface area contributed by atoms with E-state index < -0.39 is 0 Å². The summed E-state index contributed by atoms with van der Waals surface area (Å²) in [4.78, 5) is 25.7. The van der Waals surface area contributed by atoms with Crippen molar-refractivity contribution in [3.8, 4) is 0 Å². The Labute approximate surface area is 143 Å². The minimum Gasteiger partial charge on any atom is -0.345 e. The number of carbonyl (C=O) groups excluding carboxylic acids is 2. The summed E-state index contributed by atoms with van der Waals surface area (Å²) in [6.07, 6.45) is 1.77. The fourth-order valence-corrected chi connectivity index (χ4v) is 2.70. The van der Waals surface area contributed by atoms with Crippen molar-refractivity contribution < 1.29 is 9.59 Å². The van der Waals surface area contributed by atoms with E-state index in [9.17, 15) is 9.59 Å². The van der Waals surface area contributed by atoms with Crippen LogP contribution in [0.25, 0.3) is 0 Å². The first-order valence-electron chi connectivity index (χ1n) is 7.09. The lowest BCUT2D eigenvalue weighted by Gasteiger charge is -2.16. The molecule has 0 fully saturated rings. The zero-order valence-electron chi connectivity index (χ0n) is 13.0. The van der Waals surface area contributed by atoms with Crippen LogP contribution in [0.15, 0.2) is 47.1 Å². The minimum absolute atomic E-state index is 0.187. The van der Waals surface area contributed by atoms with Gasteiger partial charge in [-0.2, -0.15) is 0 Å². The van der Waals surface area contributed by atoms with Crippen LogP contribution in [0.1, 0.15) is 16.1 Å². The quantitative estimate of drug-likeness (QED) is 0.777. The number of aryl methyl sites for hydroxylation is 1. The van der Waals surface area contributed by atoms with E-state index in [1.54, 1.807) is 23.9 Å². The molecule has 1 aromatic carbocycles. The van der Waals surface area contributed by atoms with E-state index in [1.165, 1.54) is 0 Å². The van der Waals surface area contributed by atoms with E-state index in [2.05, 4.69) is 26.8 Å². The zero-order valence-corrected chi connectivity index (χ0v) is 14.6. The van der Waals surface area contributed by atoms with Crippen LogP contribution in [0.5, 0.6) is 0 Å². The fraction of sp³-hybridized carbons (Fsp3) is 0.250. The van der Waals surface area contributed by atoms with Crippen molar-refractivity contribution in [1.82, 2.24) is 20.3 Å². The fourth-order valence-electron chi connectivity index (χ4n) is 2.18. The van der Waals surface area contributed by atoms with Gasteiger partial charge in [-0.3, -0.25) is 25.3 Å². The van der Waals surface area contributed by atoms with Gasteiger partial charge in [-0.25, -0.2) is 0 Å². The summed E-state index contributed by atoms with van der Waals surface area (Å²) < 4.78 is 2.48. The Hall–Kier alpha value is -2.12. The second-order valence-corrected chi connectivity index (χ2v) is 6.23.